The Morgan fingerprint density at radius 2 is 1.36 bits per heavy atom. The van der Waals surface area contributed by atoms with Crippen molar-refractivity contribution in [1.82, 2.24) is 4.90 Å². The predicted octanol–water partition coefficient (Wildman–Crippen LogP) is 5.82. The summed E-state index contributed by atoms with van der Waals surface area (Å²) >= 11 is 3.59. The highest BCUT2D eigenvalue weighted by Gasteiger charge is 2.34. The molecule has 0 fully saturated rings. The third-order valence-electron chi connectivity index (χ3n) is 4.98. The quantitative estimate of drug-likeness (QED) is 0.488. The average Bonchev–Trinajstić information content (AvgIpc) is 2.97. The summed E-state index contributed by atoms with van der Waals surface area (Å²) in [5, 5.41) is 0. The number of carbonyl (C=O) groups excluding carboxylic acids is 2. The maximum absolute atomic E-state index is 12.5. The van der Waals surface area contributed by atoms with E-state index in [0.717, 1.165) is 26.7 Å². The summed E-state index contributed by atoms with van der Waals surface area (Å²) in [5.74, 6) is -0.456. The molecule has 28 heavy (non-hydrogen) atoms. The fourth-order valence-corrected chi connectivity index (χ4v) is 3.87. The molecular weight excluding hydrogens is 414 g/mol. The van der Waals surface area contributed by atoms with Crippen LogP contribution in [0.25, 0.3) is 16.7 Å². The van der Waals surface area contributed by atoms with Crippen molar-refractivity contribution in [2.45, 2.75) is 6.92 Å². The van der Waals surface area contributed by atoms with Crippen molar-refractivity contribution in [3.8, 4) is 11.1 Å². The Hall–Kier alpha value is -2.98. The van der Waals surface area contributed by atoms with E-state index in [1.807, 2.05) is 31.2 Å². The minimum absolute atomic E-state index is 0.228. The zero-order valence-corrected chi connectivity index (χ0v) is 16.9. The average molecular weight is 432 g/mol. The van der Waals surface area contributed by atoms with Crippen LogP contribution < -0.4 is 0 Å². The number of allylic oxidation sites excluding steroid dienone is 1. The fraction of sp³-hybridized carbons (Fsp3) is 0.0833. The van der Waals surface area contributed by atoms with Gasteiger partial charge in [0.05, 0.1) is 11.1 Å². The van der Waals surface area contributed by atoms with Crippen molar-refractivity contribution in [2.24, 2.45) is 0 Å². The zero-order valence-electron chi connectivity index (χ0n) is 15.4. The highest BCUT2D eigenvalue weighted by molar-refractivity contribution is 9.10. The number of amides is 2. The van der Waals surface area contributed by atoms with Crippen molar-refractivity contribution >= 4 is 33.3 Å². The van der Waals surface area contributed by atoms with Gasteiger partial charge in [0.1, 0.15) is 0 Å². The van der Waals surface area contributed by atoms with Gasteiger partial charge in [0.2, 0.25) is 0 Å². The number of benzene rings is 3. The lowest BCUT2D eigenvalue weighted by Gasteiger charge is -2.12. The molecule has 4 heteroatoms. The number of nitrogens with zero attached hydrogens (tertiary/aromatic N) is 1. The maximum atomic E-state index is 12.5. The molecule has 0 unspecified atom stereocenters. The molecular formula is C24H18BrNO2. The number of hydrogen-bond donors (Lipinski definition) is 0. The molecule has 1 aliphatic rings. The molecule has 4 rings (SSSR count). The van der Waals surface area contributed by atoms with Gasteiger partial charge in [0, 0.05) is 11.0 Å². The molecule has 3 aromatic rings. The first kappa shape index (κ1) is 18.4. The van der Waals surface area contributed by atoms with E-state index < -0.39 is 0 Å². The molecule has 0 spiro atoms. The first-order chi connectivity index (χ1) is 13.6. The molecule has 0 N–H and O–H groups in total. The molecule has 0 aliphatic carbocycles. The number of hydrogen-bond acceptors (Lipinski definition) is 2. The summed E-state index contributed by atoms with van der Waals surface area (Å²) in [5.41, 5.74) is 5.32. The third kappa shape index (κ3) is 3.32. The molecule has 3 aromatic carbocycles. The lowest BCUT2D eigenvalue weighted by Crippen LogP contribution is -2.29. The van der Waals surface area contributed by atoms with Gasteiger partial charge in [-0.2, -0.15) is 0 Å². The van der Waals surface area contributed by atoms with E-state index in [1.54, 1.807) is 24.3 Å². The van der Waals surface area contributed by atoms with Crippen LogP contribution in [0.15, 0.2) is 83.3 Å². The Bertz CT molecular complexity index is 1060. The second kappa shape index (κ2) is 7.56. The Labute approximate surface area is 172 Å². The van der Waals surface area contributed by atoms with Gasteiger partial charge in [-0.15, -0.1) is 0 Å². The van der Waals surface area contributed by atoms with Crippen LogP contribution in [0.4, 0.5) is 0 Å². The summed E-state index contributed by atoms with van der Waals surface area (Å²) in [4.78, 5) is 26.2. The van der Waals surface area contributed by atoms with Crippen LogP contribution in [0.5, 0.6) is 0 Å². The SMILES string of the molecule is C/C(=C/CN1C(=O)c2ccccc2C1=O)c1ccc(-c2ccccc2Br)cc1. The molecule has 1 heterocycles. The summed E-state index contributed by atoms with van der Waals surface area (Å²) in [6.07, 6.45) is 1.93. The summed E-state index contributed by atoms with van der Waals surface area (Å²) in [6, 6.07) is 23.3. The number of fused-ring (bicyclic) bond motifs is 1. The predicted molar refractivity (Wildman–Crippen MR) is 115 cm³/mol. The van der Waals surface area contributed by atoms with E-state index in [0.29, 0.717) is 11.1 Å². The van der Waals surface area contributed by atoms with E-state index in [1.165, 1.54) is 4.90 Å². The first-order valence-corrected chi connectivity index (χ1v) is 9.83. The standard InChI is InChI=1S/C24H18BrNO2/c1-16(14-15-26-23(27)20-7-2-3-8-21(20)24(26)28)17-10-12-18(13-11-17)19-6-4-5-9-22(19)25/h2-14H,15H2,1H3/b16-14-. The molecule has 0 radical (unpaired) electrons. The number of rotatable bonds is 4. The molecule has 0 bridgehead atoms. The molecule has 138 valence electrons. The van der Waals surface area contributed by atoms with Gasteiger partial charge >= 0.3 is 0 Å². The Morgan fingerprint density at radius 1 is 0.821 bits per heavy atom. The zero-order chi connectivity index (χ0) is 19.7. The Balaban J connectivity index is 1.52. The van der Waals surface area contributed by atoms with Crippen LogP contribution in [0.2, 0.25) is 0 Å². The van der Waals surface area contributed by atoms with Crippen molar-refractivity contribution in [3.05, 3.63) is 100 Å². The largest absolute Gasteiger partial charge is 0.270 e. The van der Waals surface area contributed by atoms with Crippen LogP contribution in [0, 0.1) is 0 Å². The highest BCUT2D eigenvalue weighted by atomic mass is 79.9. The van der Waals surface area contributed by atoms with E-state index in [-0.39, 0.29) is 18.4 Å². The summed E-state index contributed by atoms with van der Waals surface area (Å²) in [7, 11) is 0. The van der Waals surface area contributed by atoms with E-state index in [2.05, 4.69) is 46.3 Å². The minimum Gasteiger partial charge on any atom is -0.270 e. The number of carbonyl (C=O) groups is 2. The second-order valence-electron chi connectivity index (χ2n) is 6.71. The van der Waals surface area contributed by atoms with Crippen molar-refractivity contribution in [2.75, 3.05) is 6.54 Å². The van der Waals surface area contributed by atoms with Crippen molar-refractivity contribution in [1.29, 1.82) is 0 Å². The summed E-state index contributed by atoms with van der Waals surface area (Å²) in [6.45, 7) is 2.26. The molecule has 0 aromatic heterocycles. The minimum atomic E-state index is -0.228. The molecule has 0 saturated carbocycles. The molecule has 3 nitrogen and oxygen atoms in total. The first-order valence-electron chi connectivity index (χ1n) is 9.03. The second-order valence-corrected chi connectivity index (χ2v) is 7.57. The van der Waals surface area contributed by atoms with E-state index in [4.69, 9.17) is 0 Å². The van der Waals surface area contributed by atoms with Gasteiger partial charge in [-0.3, -0.25) is 14.5 Å². The van der Waals surface area contributed by atoms with E-state index in [9.17, 15) is 9.59 Å². The smallest absolute Gasteiger partial charge is 0.261 e. The van der Waals surface area contributed by atoms with Crippen molar-refractivity contribution < 1.29 is 9.59 Å². The van der Waals surface area contributed by atoms with Crippen LogP contribution in [0.1, 0.15) is 33.2 Å². The monoisotopic (exact) mass is 431 g/mol. The van der Waals surface area contributed by atoms with Crippen LogP contribution in [-0.4, -0.2) is 23.3 Å². The third-order valence-corrected chi connectivity index (χ3v) is 5.67. The molecule has 0 saturated heterocycles. The van der Waals surface area contributed by atoms with Gasteiger partial charge in [-0.25, -0.2) is 0 Å². The van der Waals surface area contributed by atoms with Crippen LogP contribution >= 0.6 is 15.9 Å². The highest BCUT2D eigenvalue weighted by Crippen LogP contribution is 2.29. The maximum Gasteiger partial charge on any atom is 0.261 e. The number of halogens is 1. The Morgan fingerprint density at radius 3 is 1.93 bits per heavy atom. The van der Waals surface area contributed by atoms with Gasteiger partial charge in [0.15, 0.2) is 0 Å². The lowest BCUT2D eigenvalue weighted by molar-refractivity contribution is 0.0672. The van der Waals surface area contributed by atoms with E-state index >= 15 is 0 Å². The lowest BCUT2D eigenvalue weighted by atomic mass is 10.0. The van der Waals surface area contributed by atoms with Crippen LogP contribution in [-0.2, 0) is 0 Å². The van der Waals surface area contributed by atoms with Gasteiger partial charge in [-0.1, -0.05) is 76.6 Å². The summed E-state index contributed by atoms with van der Waals surface area (Å²) < 4.78 is 1.06. The Kier molecular flexibility index (Phi) is 4.97. The molecule has 0 atom stereocenters. The molecule has 1 aliphatic heterocycles. The fourth-order valence-electron chi connectivity index (χ4n) is 3.36. The van der Waals surface area contributed by atoms with Crippen molar-refractivity contribution in [3.63, 3.8) is 0 Å². The van der Waals surface area contributed by atoms with Gasteiger partial charge in [-0.05, 0) is 47.4 Å². The van der Waals surface area contributed by atoms with Gasteiger partial charge in [0.25, 0.3) is 11.8 Å². The topological polar surface area (TPSA) is 37.4 Å². The molecule has 2 amide bonds. The van der Waals surface area contributed by atoms with Gasteiger partial charge < -0.3 is 0 Å². The number of imide groups is 1. The normalized spacial score (nSPS) is 13.8. The van der Waals surface area contributed by atoms with Crippen LogP contribution in [0.3, 0.4) is 0 Å².